The molecule has 0 radical (unpaired) electrons. The van der Waals surface area contributed by atoms with E-state index in [1.165, 1.54) is 34.4 Å². The average Bonchev–Trinajstić information content (AvgIpc) is 1.99. The van der Waals surface area contributed by atoms with Gasteiger partial charge in [0.2, 0.25) is 0 Å². The van der Waals surface area contributed by atoms with Gasteiger partial charge in [-0.05, 0) is 12.8 Å². The molecule has 3 heteroatoms. The minimum absolute atomic E-state index is 0.817. The zero-order valence-electron chi connectivity index (χ0n) is 5.72. The lowest BCUT2D eigenvalue weighted by Crippen LogP contribution is -2.01. The van der Waals surface area contributed by atoms with Crippen LogP contribution in [0.2, 0.25) is 0 Å². The van der Waals surface area contributed by atoms with E-state index in [0.29, 0.717) is 0 Å². The molecule has 0 saturated carbocycles. The van der Waals surface area contributed by atoms with E-state index in [-0.39, 0.29) is 0 Å². The van der Waals surface area contributed by atoms with Gasteiger partial charge in [0, 0.05) is 20.9 Å². The predicted octanol–water partition coefficient (Wildman–Crippen LogP) is 1.41. The fraction of sp³-hybridized carbons (Fsp3) is 0.667. The highest BCUT2D eigenvalue weighted by atomic mass is 33.1. The molecule has 1 rings (SSSR count). The zero-order chi connectivity index (χ0) is 6.69. The Kier molecular flexibility index (Phi) is 3.22. The van der Waals surface area contributed by atoms with E-state index < -0.39 is 0 Å². The first-order valence-electron chi connectivity index (χ1n) is 3.26. The molecule has 0 aliphatic carbocycles. The first kappa shape index (κ1) is 7.76. The van der Waals surface area contributed by atoms with Gasteiger partial charge in [-0.25, -0.2) is 0 Å². The fourth-order valence-corrected chi connectivity index (χ4v) is 4.77. The first-order valence-corrected chi connectivity index (χ1v) is 6.80. The van der Waals surface area contributed by atoms with Crippen LogP contribution < -0.4 is 0 Å². The van der Waals surface area contributed by atoms with Crippen molar-refractivity contribution in [3.8, 4) is 0 Å². The molecule has 1 aliphatic rings. The molecule has 1 atom stereocenters. The number of hydrogen-bond donors (Lipinski definition) is 0. The molecule has 0 spiro atoms. The summed E-state index contributed by atoms with van der Waals surface area (Å²) in [7, 11) is 5.32. The molecule has 1 aliphatic heterocycles. The van der Waals surface area contributed by atoms with Gasteiger partial charge in [0.25, 0.3) is 0 Å². The van der Waals surface area contributed by atoms with E-state index in [4.69, 9.17) is 0 Å². The summed E-state index contributed by atoms with van der Waals surface area (Å²) < 4.78 is 0. The Morgan fingerprint density at radius 1 is 1.67 bits per heavy atom. The Morgan fingerprint density at radius 3 is 3.22 bits per heavy atom. The maximum atomic E-state index is 4.06. The van der Waals surface area contributed by atoms with Crippen LogP contribution in [0.15, 0.2) is 12.2 Å². The monoisotopic (exact) mass is 176 g/mol. The summed E-state index contributed by atoms with van der Waals surface area (Å²) in [5.74, 6) is 1.32. The lowest BCUT2D eigenvalue weighted by molar-refractivity contribution is 0.920. The van der Waals surface area contributed by atoms with Crippen molar-refractivity contribution in [1.29, 1.82) is 0 Å². The standard InChI is InChI=1S/C6H12S2Si/c1-5-3-2-4-7-8-6(5)9/h6H,1-4H2,9H3/t6-/m1/s1. The summed E-state index contributed by atoms with van der Waals surface area (Å²) in [6, 6.07) is 0. The molecule has 52 valence electrons. The third kappa shape index (κ3) is 2.39. The van der Waals surface area contributed by atoms with Gasteiger partial charge >= 0.3 is 0 Å². The molecule has 0 amide bonds. The highest BCUT2D eigenvalue weighted by Gasteiger charge is 2.10. The van der Waals surface area contributed by atoms with Crippen molar-refractivity contribution in [3.05, 3.63) is 12.2 Å². The van der Waals surface area contributed by atoms with Gasteiger partial charge in [-0.15, -0.1) is 0 Å². The molecule has 0 N–H and O–H groups in total. The minimum atomic E-state index is 0.817. The van der Waals surface area contributed by atoms with Crippen molar-refractivity contribution in [2.75, 3.05) is 5.75 Å². The quantitative estimate of drug-likeness (QED) is 0.311. The van der Waals surface area contributed by atoms with Crippen LogP contribution in [0.3, 0.4) is 0 Å². The summed E-state index contributed by atoms with van der Waals surface area (Å²) in [5.41, 5.74) is 1.48. The van der Waals surface area contributed by atoms with E-state index in [0.717, 1.165) is 4.87 Å². The van der Waals surface area contributed by atoms with Crippen molar-refractivity contribution >= 4 is 31.8 Å². The zero-order valence-corrected chi connectivity index (χ0v) is 9.36. The maximum absolute atomic E-state index is 4.06. The van der Waals surface area contributed by atoms with Crippen LogP contribution in [0.5, 0.6) is 0 Å². The number of rotatable bonds is 0. The SMILES string of the molecule is C=C1CCCSS[C@@H]1[SiH3]. The Labute approximate surface area is 67.7 Å². The minimum Gasteiger partial charge on any atom is -0.0991 e. The third-order valence-electron chi connectivity index (χ3n) is 1.51. The Hall–Kier alpha value is 0.657. The van der Waals surface area contributed by atoms with Gasteiger partial charge in [0.05, 0.1) is 0 Å². The van der Waals surface area contributed by atoms with Gasteiger partial charge in [-0.2, -0.15) is 0 Å². The Morgan fingerprint density at radius 2 is 2.44 bits per heavy atom. The topological polar surface area (TPSA) is 0 Å². The molecule has 0 aromatic rings. The molecular weight excluding hydrogens is 164 g/mol. The van der Waals surface area contributed by atoms with Crippen LogP contribution in [-0.4, -0.2) is 20.9 Å². The largest absolute Gasteiger partial charge is 0.0991 e. The van der Waals surface area contributed by atoms with Crippen LogP contribution in [-0.2, 0) is 0 Å². The molecule has 1 fully saturated rings. The molecule has 1 heterocycles. The molecule has 0 aromatic heterocycles. The normalized spacial score (nSPS) is 30.2. The van der Waals surface area contributed by atoms with Crippen LogP contribution in [0.1, 0.15) is 12.8 Å². The van der Waals surface area contributed by atoms with E-state index in [1.54, 1.807) is 0 Å². The Bertz CT molecular complexity index is 114. The van der Waals surface area contributed by atoms with Crippen molar-refractivity contribution in [2.24, 2.45) is 0 Å². The summed E-state index contributed by atoms with van der Waals surface area (Å²) >= 11 is 0. The van der Waals surface area contributed by atoms with Crippen molar-refractivity contribution in [2.45, 2.75) is 17.7 Å². The van der Waals surface area contributed by atoms with Crippen LogP contribution in [0.25, 0.3) is 0 Å². The van der Waals surface area contributed by atoms with Gasteiger partial charge in [-0.1, -0.05) is 33.7 Å². The molecule has 0 nitrogen and oxygen atoms in total. The van der Waals surface area contributed by atoms with Crippen LogP contribution >= 0.6 is 21.6 Å². The first-order chi connectivity index (χ1) is 4.30. The molecule has 0 unspecified atom stereocenters. The summed E-state index contributed by atoms with van der Waals surface area (Å²) in [6.07, 6.45) is 2.61. The summed E-state index contributed by atoms with van der Waals surface area (Å²) in [5, 5.41) is 0. The highest BCUT2D eigenvalue weighted by Crippen LogP contribution is 2.34. The lowest BCUT2D eigenvalue weighted by Gasteiger charge is -2.06. The predicted molar refractivity (Wildman–Crippen MR) is 52.2 cm³/mol. The van der Waals surface area contributed by atoms with Crippen molar-refractivity contribution in [3.63, 3.8) is 0 Å². The fourth-order valence-electron chi connectivity index (χ4n) is 0.780. The third-order valence-corrected chi connectivity index (χ3v) is 7.05. The smallest absolute Gasteiger partial charge is 0.0255 e. The van der Waals surface area contributed by atoms with Crippen LogP contribution in [0.4, 0.5) is 0 Å². The molecule has 1 saturated heterocycles. The summed E-state index contributed by atoms with van der Waals surface area (Å²) in [6.45, 7) is 4.06. The van der Waals surface area contributed by atoms with E-state index in [9.17, 15) is 0 Å². The van der Waals surface area contributed by atoms with E-state index >= 15 is 0 Å². The average molecular weight is 176 g/mol. The molecule has 0 bridgehead atoms. The van der Waals surface area contributed by atoms with Crippen molar-refractivity contribution < 1.29 is 0 Å². The lowest BCUT2D eigenvalue weighted by atomic mass is 10.2. The van der Waals surface area contributed by atoms with Gasteiger partial charge in [-0.3, -0.25) is 0 Å². The molecule has 9 heavy (non-hydrogen) atoms. The maximum Gasteiger partial charge on any atom is 0.0255 e. The van der Waals surface area contributed by atoms with Crippen molar-refractivity contribution in [1.82, 2.24) is 0 Å². The van der Waals surface area contributed by atoms with E-state index in [2.05, 4.69) is 6.58 Å². The van der Waals surface area contributed by atoms with Gasteiger partial charge in [0.1, 0.15) is 0 Å². The second-order valence-electron chi connectivity index (χ2n) is 2.32. The van der Waals surface area contributed by atoms with Gasteiger partial charge in [0.15, 0.2) is 0 Å². The van der Waals surface area contributed by atoms with Gasteiger partial charge < -0.3 is 0 Å². The van der Waals surface area contributed by atoms with Crippen LogP contribution in [0, 0.1) is 0 Å². The molecular formula is C6H12S2Si. The second-order valence-corrected chi connectivity index (χ2v) is 7.14. The molecule has 0 aromatic carbocycles. The second kappa shape index (κ2) is 3.74. The Balaban J connectivity index is 2.41. The van der Waals surface area contributed by atoms with E-state index in [1.807, 2.05) is 21.6 Å². The highest BCUT2D eigenvalue weighted by molar-refractivity contribution is 8.77. The number of hydrogen-bond acceptors (Lipinski definition) is 2. The summed E-state index contributed by atoms with van der Waals surface area (Å²) in [4.78, 5) is 0.817.